The van der Waals surface area contributed by atoms with Crippen molar-refractivity contribution in [1.82, 2.24) is 15.4 Å². The Balaban J connectivity index is 1.52. The molecule has 0 bridgehead atoms. The summed E-state index contributed by atoms with van der Waals surface area (Å²) in [4.78, 5) is 27.9. The van der Waals surface area contributed by atoms with Crippen molar-refractivity contribution >= 4 is 11.8 Å². The second kappa shape index (κ2) is 9.78. The zero-order valence-electron chi connectivity index (χ0n) is 18.3. The number of nitrogens with one attached hydrogen (secondary N) is 1. The predicted molar refractivity (Wildman–Crippen MR) is 120 cm³/mol. The zero-order valence-corrected chi connectivity index (χ0v) is 18.3. The highest BCUT2D eigenvalue weighted by Gasteiger charge is 2.28. The zero-order chi connectivity index (χ0) is 22.5. The molecule has 0 radical (unpaired) electrons. The molecule has 2 amide bonds. The average molecular weight is 434 g/mol. The summed E-state index contributed by atoms with van der Waals surface area (Å²) < 4.78 is 10.8. The molecule has 1 atom stereocenters. The smallest absolute Gasteiger partial charge is 0.274 e. The van der Waals surface area contributed by atoms with E-state index < -0.39 is 11.9 Å². The number of ether oxygens (including phenoxy) is 1. The number of carbonyl (C=O) groups is 2. The molecule has 2 heterocycles. The molecule has 1 N–H and O–H groups in total. The van der Waals surface area contributed by atoms with Gasteiger partial charge in [0.15, 0.2) is 11.5 Å². The second-order valence-electron chi connectivity index (χ2n) is 8.03. The molecule has 4 rings (SSSR count). The van der Waals surface area contributed by atoms with E-state index in [1.807, 2.05) is 62.4 Å². The van der Waals surface area contributed by atoms with E-state index in [2.05, 4.69) is 10.5 Å². The van der Waals surface area contributed by atoms with Crippen molar-refractivity contribution in [2.24, 2.45) is 0 Å². The second-order valence-corrected chi connectivity index (χ2v) is 8.03. The van der Waals surface area contributed by atoms with Crippen LogP contribution in [0, 0.1) is 13.8 Å². The van der Waals surface area contributed by atoms with Crippen LogP contribution in [0.2, 0.25) is 0 Å². The van der Waals surface area contributed by atoms with Crippen molar-refractivity contribution in [2.45, 2.75) is 26.3 Å². The van der Waals surface area contributed by atoms with E-state index in [1.165, 1.54) is 5.56 Å². The predicted octanol–water partition coefficient (Wildman–Crippen LogP) is 3.16. The molecule has 2 aromatic carbocycles. The van der Waals surface area contributed by atoms with Crippen LogP contribution in [-0.4, -0.2) is 54.2 Å². The number of hydrogen-bond acceptors (Lipinski definition) is 5. The molecular formula is C25H27N3O4. The highest BCUT2D eigenvalue weighted by atomic mass is 16.5. The molecule has 1 aromatic heterocycles. The van der Waals surface area contributed by atoms with Gasteiger partial charge in [0.1, 0.15) is 6.04 Å². The minimum absolute atomic E-state index is 0.122. The van der Waals surface area contributed by atoms with Gasteiger partial charge in [-0.3, -0.25) is 9.59 Å². The van der Waals surface area contributed by atoms with Crippen molar-refractivity contribution in [2.75, 3.05) is 26.3 Å². The molecule has 1 aliphatic rings. The maximum absolute atomic E-state index is 13.2. The quantitative estimate of drug-likeness (QED) is 0.646. The van der Waals surface area contributed by atoms with Crippen LogP contribution >= 0.6 is 0 Å². The molecule has 7 heteroatoms. The summed E-state index contributed by atoms with van der Waals surface area (Å²) in [6.45, 7) is 6.09. The maximum Gasteiger partial charge on any atom is 0.274 e. The number of benzene rings is 2. The van der Waals surface area contributed by atoms with Gasteiger partial charge >= 0.3 is 0 Å². The summed E-state index contributed by atoms with van der Waals surface area (Å²) in [7, 11) is 0. The van der Waals surface area contributed by atoms with Gasteiger partial charge in [0.05, 0.1) is 13.2 Å². The molecule has 1 unspecified atom stereocenters. The number of carbonyl (C=O) groups excluding carboxylic acids is 2. The first-order valence-electron chi connectivity index (χ1n) is 10.8. The van der Waals surface area contributed by atoms with Gasteiger partial charge in [0.25, 0.3) is 5.91 Å². The van der Waals surface area contributed by atoms with Gasteiger partial charge in [-0.2, -0.15) is 0 Å². The van der Waals surface area contributed by atoms with E-state index in [9.17, 15) is 9.59 Å². The van der Waals surface area contributed by atoms with Crippen molar-refractivity contribution in [3.05, 3.63) is 77.0 Å². The summed E-state index contributed by atoms with van der Waals surface area (Å²) in [6, 6.07) is 16.5. The molecular weight excluding hydrogens is 406 g/mol. The summed E-state index contributed by atoms with van der Waals surface area (Å²) in [5.74, 6) is -0.0490. The van der Waals surface area contributed by atoms with Crippen LogP contribution in [-0.2, 0) is 16.0 Å². The monoisotopic (exact) mass is 433 g/mol. The molecule has 0 aliphatic carbocycles. The van der Waals surface area contributed by atoms with E-state index >= 15 is 0 Å². The van der Waals surface area contributed by atoms with E-state index in [0.29, 0.717) is 38.5 Å². The molecule has 0 saturated carbocycles. The highest BCUT2D eigenvalue weighted by molar-refractivity contribution is 5.96. The van der Waals surface area contributed by atoms with Gasteiger partial charge < -0.3 is 19.5 Å². The van der Waals surface area contributed by atoms with Crippen LogP contribution in [0.25, 0.3) is 11.3 Å². The van der Waals surface area contributed by atoms with Gasteiger partial charge in [-0.15, -0.1) is 0 Å². The molecule has 32 heavy (non-hydrogen) atoms. The first-order chi connectivity index (χ1) is 15.5. The minimum Gasteiger partial charge on any atom is -0.378 e. The summed E-state index contributed by atoms with van der Waals surface area (Å²) in [5.41, 5.74) is 4.27. The molecule has 3 aromatic rings. The van der Waals surface area contributed by atoms with Crippen molar-refractivity contribution in [3.63, 3.8) is 0 Å². The Morgan fingerprint density at radius 2 is 1.78 bits per heavy atom. The Morgan fingerprint density at radius 1 is 1.03 bits per heavy atom. The topological polar surface area (TPSA) is 84.7 Å². The third kappa shape index (κ3) is 5.06. The molecule has 166 valence electrons. The number of morpholine rings is 1. The SMILES string of the molecule is Cc1ccc(-c2cc(C(=O)NC(Cc3ccccc3)C(=O)N3CCOCC3)no2)cc1C. The molecule has 1 fully saturated rings. The first-order valence-corrected chi connectivity index (χ1v) is 10.8. The van der Waals surface area contributed by atoms with Gasteiger partial charge in [-0.25, -0.2) is 0 Å². The summed E-state index contributed by atoms with van der Waals surface area (Å²) in [5, 5.41) is 6.82. The van der Waals surface area contributed by atoms with Crippen LogP contribution in [0.5, 0.6) is 0 Å². The van der Waals surface area contributed by atoms with E-state index in [1.54, 1.807) is 11.0 Å². The number of nitrogens with zero attached hydrogens (tertiary/aromatic N) is 2. The lowest BCUT2D eigenvalue weighted by atomic mass is 10.0. The number of rotatable bonds is 6. The molecule has 1 aliphatic heterocycles. The Bertz CT molecular complexity index is 1090. The molecule has 7 nitrogen and oxygen atoms in total. The van der Waals surface area contributed by atoms with Crippen LogP contribution in [0.15, 0.2) is 59.1 Å². The lowest BCUT2D eigenvalue weighted by molar-refractivity contribution is -0.137. The van der Waals surface area contributed by atoms with Crippen LogP contribution in [0.1, 0.15) is 27.2 Å². The van der Waals surface area contributed by atoms with E-state index in [-0.39, 0.29) is 11.6 Å². The van der Waals surface area contributed by atoms with Gasteiger partial charge in [0.2, 0.25) is 5.91 Å². The number of amides is 2. The molecule has 1 saturated heterocycles. The Kier molecular flexibility index (Phi) is 6.66. The van der Waals surface area contributed by atoms with Crippen LogP contribution < -0.4 is 5.32 Å². The normalized spacial score (nSPS) is 14.8. The summed E-state index contributed by atoms with van der Waals surface area (Å²) in [6.07, 6.45) is 0.393. The Hall–Kier alpha value is -3.45. The Morgan fingerprint density at radius 3 is 2.50 bits per heavy atom. The number of aromatic nitrogens is 1. The standard InChI is InChI=1S/C25H27N3O4/c1-17-8-9-20(14-18(17)2)23-16-21(27-32-23)24(29)26-22(15-19-6-4-3-5-7-19)25(30)28-10-12-31-13-11-28/h3-9,14,16,22H,10-13,15H2,1-2H3,(H,26,29). The largest absolute Gasteiger partial charge is 0.378 e. The van der Waals surface area contributed by atoms with Gasteiger partial charge in [-0.1, -0.05) is 47.6 Å². The number of aryl methyl sites for hydroxylation is 2. The summed E-state index contributed by atoms with van der Waals surface area (Å²) >= 11 is 0. The first kappa shape index (κ1) is 21.8. The lowest BCUT2D eigenvalue weighted by Crippen LogP contribution is -2.52. The van der Waals surface area contributed by atoms with E-state index in [0.717, 1.165) is 16.7 Å². The van der Waals surface area contributed by atoms with Crippen molar-refractivity contribution in [3.8, 4) is 11.3 Å². The third-order valence-corrected chi connectivity index (χ3v) is 5.74. The van der Waals surface area contributed by atoms with E-state index in [4.69, 9.17) is 9.26 Å². The molecule has 0 spiro atoms. The Labute approximate surface area is 187 Å². The fraction of sp³-hybridized carbons (Fsp3) is 0.320. The van der Waals surface area contributed by atoms with Crippen LogP contribution in [0.3, 0.4) is 0 Å². The lowest BCUT2D eigenvalue weighted by Gasteiger charge is -2.30. The van der Waals surface area contributed by atoms with Gasteiger partial charge in [-0.05, 0) is 36.6 Å². The van der Waals surface area contributed by atoms with Crippen molar-refractivity contribution < 1.29 is 18.8 Å². The fourth-order valence-electron chi connectivity index (χ4n) is 3.70. The van der Waals surface area contributed by atoms with Crippen molar-refractivity contribution in [1.29, 1.82) is 0 Å². The van der Waals surface area contributed by atoms with Crippen LogP contribution in [0.4, 0.5) is 0 Å². The third-order valence-electron chi connectivity index (χ3n) is 5.74. The van der Waals surface area contributed by atoms with Gasteiger partial charge in [0, 0.05) is 31.1 Å². The fourth-order valence-corrected chi connectivity index (χ4v) is 3.70. The number of hydrogen-bond donors (Lipinski definition) is 1. The minimum atomic E-state index is -0.704. The highest BCUT2D eigenvalue weighted by Crippen LogP contribution is 2.23. The average Bonchev–Trinajstić information content (AvgIpc) is 3.32. The maximum atomic E-state index is 13.2.